The first-order valence-corrected chi connectivity index (χ1v) is 8.38. The summed E-state index contributed by atoms with van der Waals surface area (Å²) in [7, 11) is 0. The molecule has 28 heavy (non-hydrogen) atoms. The lowest BCUT2D eigenvalue weighted by atomic mass is 10.1. The Labute approximate surface area is 161 Å². The zero-order chi connectivity index (χ0) is 20.6. The average Bonchev–Trinajstić information content (AvgIpc) is 2.53. The number of hydrogen-bond donors (Lipinski definition) is 0. The molecule has 1 aliphatic rings. The van der Waals surface area contributed by atoms with Crippen LogP contribution in [-0.2, 0) is 0 Å². The van der Waals surface area contributed by atoms with Gasteiger partial charge in [-0.25, -0.2) is 8.78 Å². The van der Waals surface area contributed by atoms with E-state index in [0.717, 1.165) is 25.1 Å². The van der Waals surface area contributed by atoms with Crippen LogP contribution in [0.5, 0.6) is 11.5 Å². The lowest BCUT2D eigenvalue weighted by Crippen LogP contribution is -2.54. The Bertz CT molecular complexity index is 913. The van der Waals surface area contributed by atoms with Gasteiger partial charge in [-0.05, 0) is 31.2 Å². The van der Waals surface area contributed by atoms with Gasteiger partial charge in [0.05, 0.1) is 23.7 Å². The van der Waals surface area contributed by atoms with Gasteiger partial charge in [0, 0.05) is 11.8 Å². The molecule has 2 aromatic carbocycles. The van der Waals surface area contributed by atoms with E-state index in [0.29, 0.717) is 5.69 Å². The maximum absolute atomic E-state index is 14.0. The van der Waals surface area contributed by atoms with Crippen molar-refractivity contribution in [3.8, 4) is 11.5 Å². The first-order valence-electron chi connectivity index (χ1n) is 8.00. The maximum atomic E-state index is 14.0. The van der Waals surface area contributed by atoms with Gasteiger partial charge in [-0.2, -0.15) is 0 Å². The second-order valence-electron chi connectivity index (χ2n) is 6.13. The lowest BCUT2D eigenvalue weighted by Gasteiger charge is -2.40. The van der Waals surface area contributed by atoms with Crippen molar-refractivity contribution in [1.82, 2.24) is 0 Å². The number of hydrogen-bond acceptors (Lipinski definition) is 4. The number of anilines is 1. The quantitative estimate of drug-likeness (QED) is 0.504. The van der Waals surface area contributed by atoms with Crippen molar-refractivity contribution in [3.05, 3.63) is 52.6 Å². The molecule has 10 heteroatoms. The SMILES string of the molecule is CC(=O)c1cc(F)c(OC2CN(c3ccc(OC(F)(F)F)c(Cl)c3)C2)cc1F. The van der Waals surface area contributed by atoms with E-state index in [-0.39, 0.29) is 29.4 Å². The topological polar surface area (TPSA) is 38.8 Å². The zero-order valence-electron chi connectivity index (χ0n) is 14.3. The van der Waals surface area contributed by atoms with E-state index in [1.165, 1.54) is 12.1 Å². The van der Waals surface area contributed by atoms with Gasteiger partial charge in [-0.15, -0.1) is 13.2 Å². The summed E-state index contributed by atoms with van der Waals surface area (Å²) in [6, 6.07) is 5.39. The van der Waals surface area contributed by atoms with Crippen LogP contribution >= 0.6 is 11.6 Å². The number of carbonyl (C=O) groups is 1. The standard InChI is InChI=1S/C18H13ClF5NO3/c1-9(26)12-5-15(21)17(6-14(12)20)27-11-7-25(8-11)10-2-3-16(13(19)4-10)28-18(22,23)24/h2-6,11H,7-8H2,1H3. The van der Waals surface area contributed by atoms with Gasteiger partial charge in [-0.1, -0.05) is 11.6 Å². The molecule has 4 nitrogen and oxygen atoms in total. The molecule has 0 saturated carbocycles. The predicted octanol–water partition coefficient (Wildman–Crippen LogP) is 4.99. The molecule has 1 fully saturated rings. The first-order chi connectivity index (χ1) is 13.0. The van der Waals surface area contributed by atoms with Gasteiger partial charge in [-0.3, -0.25) is 4.79 Å². The van der Waals surface area contributed by atoms with E-state index in [1.54, 1.807) is 4.90 Å². The normalized spacial score (nSPS) is 14.6. The Balaban J connectivity index is 1.63. The van der Waals surface area contributed by atoms with Crippen LogP contribution in [0.15, 0.2) is 30.3 Å². The molecule has 3 rings (SSSR count). The number of alkyl halides is 3. The van der Waals surface area contributed by atoms with E-state index in [1.807, 2.05) is 0 Å². The summed E-state index contributed by atoms with van der Waals surface area (Å²) in [6.07, 6.45) is -5.32. The number of benzene rings is 2. The van der Waals surface area contributed by atoms with Crippen LogP contribution in [0.1, 0.15) is 17.3 Å². The van der Waals surface area contributed by atoms with Gasteiger partial charge >= 0.3 is 6.36 Å². The molecule has 0 aliphatic carbocycles. The van der Waals surface area contributed by atoms with Gasteiger partial charge in [0.25, 0.3) is 0 Å². The fourth-order valence-electron chi connectivity index (χ4n) is 2.69. The Morgan fingerprint density at radius 2 is 1.79 bits per heavy atom. The third-order valence-corrected chi connectivity index (χ3v) is 4.34. The fraction of sp³-hybridized carbons (Fsp3) is 0.278. The summed E-state index contributed by atoms with van der Waals surface area (Å²) >= 11 is 5.80. The Hall–Kier alpha value is -2.55. The molecule has 0 aromatic heterocycles. The largest absolute Gasteiger partial charge is 0.573 e. The summed E-state index contributed by atoms with van der Waals surface area (Å²) in [4.78, 5) is 12.9. The summed E-state index contributed by atoms with van der Waals surface area (Å²) in [5.74, 6) is -3.19. The monoisotopic (exact) mass is 421 g/mol. The lowest BCUT2D eigenvalue weighted by molar-refractivity contribution is -0.274. The summed E-state index contributed by atoms with van der Waals surface area (Å²) in [5, 5.41) is -0.216. The van der Waals surface area contributed by atoms with Crippen molar-refractivity contribution < 1.29 is 36.2 Å². The number of ketones is 1. The van der Waals surface area contributed by atoms with E-state index < -0.39 is 35.6 Å². The van der Waals surface area contributed by atoms with Crippen molar-refractivity contribution in [2.75, 3.05) is 18.0 Å². The second kappa shape index (κ2) is 7.46. The number of nitrogens with zero attached hydrogens (tertiary/aromatic N) is 1. The number of ether oxygens (including phenoxy) is 2. The highest BCUT2D eigenvalue weighted by molar-refractivity contribution is 6.32. The molecule has 1 saturated heterocycles. The average molecular weight is 422 g/mol. The Morgan fingerprint density at radius 3 is 2.36 bits per heavy atom. The van der Waals surface area contributed by atoms with Crippen molar-refractivity contribution in [2.45, 2.75) is 19.4 Å². The molecule has 150 valence electrons. The minimum Gasteiger partial charge on any atom is -0.484 e. The molecule has 1 heterocycles. The third kappa shape index (κ3) is 4.46. The predicted molar refractivity (Wildman–Crippen MR) is 91.1 cm³/mol. The highest BCUT2D eigenvalue weighted by Crippen LogP contribution is 2.35. The smallest absolute Gasteiger partial charge is 0.484 e. The summed E-state index contributed by atoms with van der Waals surface area (Å²) in [5.41, 5.74) is 0.161. The fourth-order valence-corrected chi connectivity index (χ4v) is 2.90. The van der Waals surface area contributed by atoms with Crippen LogP contribution in [0.4, 0.5) is 27.6 Å². The summed E-state index contributed by atoms with van der Waals surface area (Å²) in [6.45, 7) is 1.69. The molecular formula is C18H13ClF5NO3. The van der Waals surface area contributed by atoms with Gasteiger partial charge in [0.2, 0.25) is 0 Å². The van der Waals surface area contributed by atoms with Gasteiger partial charge in [0.15, 0.2) is 17.3 Å². The van der Waals surface area contributed by atoms with Crippen LogP contribution in [0.3, 0.4) is 0 Å². The van der Waals surface area contributed by atoms with Gasteiger partial charge in [0.1, 0.15) is 17.7 Å². The van der Waals surface area contributed by atoms with E-state index in [9.17, 15) is 26.7 Å². The third-order valence-electron chi connectivity index (χ3n) is 4.05. The molecule has 0 radical (unpaired) electrons. The van der Waals surface area contributed by atoms with E-state index >= 15 is 0 Å². The molecule has 0 N–H and O–H groups in total. The highest BCUT2D eigenvalue weighted by atomic mass is 35.5. The minimum absolute atomic E-state index is 0.216. The number of carbonyl (C=O) groups excluding carboxylic acids is 1. The number of Topliss-reactive ketones (excluding diaryl/α,β-unsaturated/α-hetero) is 1. The van der Waals surface area contributed by atoms with Crippen molar-refractivity contribution >= 4 is 23.1 Å². The van der Waals surface area contributed by atoms with Crippen molar-refractivity contribution in [3.63, 3.8) is 0 Å². The number of halogens is 6. The number of rotatable bonds is 5. The molecule has 0 bridgehead atoms. The van der Waals surface area contributed by atoms with Crippen LogP contribution in [0, 0.1) is 11.6 Å². The Kier molecular flexibility index (Phi) is 5.38. The Morgan fingerprint density at radius 1 is 1.11 bits per heavy atom. The molecule has 2 aromatic rings. The molecule has 1 aliphatic heterocycles. The van der Waals surface area contributed by atoms with E-state index in [4.69, 9.17) is 16.3 Å². The van der Waals surface area contributed by atoms with Gasteiger partial charge < -0.3 is 14.4 Å². The van der Waals surface area contributed by atoms with Crippen LogP contribution in [-0.4, -0.2) is 31.3 Å². The summed E-state index contributed by atoms with van der Waals surface area (Å²) < 4.78 is 73.8. The van der Waals surface area contributed by atoms with Crippen LogP contribution in [0.2, 0.25) is 5.02 Å². The van der Waals surface area contributed by atoms with Crippen LogP contribution in [0.25, 0.3) is 0 Å². The first kappa shape index (κ1) is 20.2. The molecular weight excluding hydrogens is 409 g/mol. The van der Waals surface area contributed by atoms with Crippen LogP contribution < -0.4 is 14.4 Å². The minimum atomic E-state index is -4.85. The second-order valence-corrected chi connectivity index (χ2v) is 6.53. The highest BCUT2D eigenvalue weighted by Gasteiger charge is 2.33. The maximum Gasteiger partial charge on any atom is 0.573 e. The molecule has 0 spiro atoms. The zero-order valence-corrected chi connectivity index (χ0v) is 15.1. The van der Waals surface area contributed by atoms with Crippen molar-refractivity contribution in [1.29, 1.82) is 0 Å². The van der Waals surface area contributed by atoms with E-state index in [2.05, 4.69) is 4.74 Å². The van der Waals surface area contributed by atoms with Crippen molar-refractivity contribution in [2.24, 2.45) is 0 Å². The molecule has 0 unspecified atom stereocenters. The molecule has 0 atom stereocenters. The molecule has 0 amide bonds.